The third-order valence-electron chi connectivity index (χ3n) is 2.62. The summed E-state index contributed by atoms with van der Waals surface area (Å²) in [5.41, 5.74) is 2.30. The summed E-state index contributed by atoms with van der Waals surface area (Å²) in [7, 11) is -1.99. The van der Waals surface area contributed by atoms with Crippen LogP contribution in [0.5, 0.6) is 0 Å². The van der Waals surface area contributed by atoms with Crippen molar-refractivity contribution in [3.05, 3.63) is 18.3 Å². The fourth-order valence-electron chi connectivity index (χ4n) is 1.44. The zero-order valence-electron chi connectivity index (χ0n) is 10.9. The minimum atomic E-state index is -3.55. The minimum Gasteiger partial charge on any atom is -0.307 e. The molecule has 0 aliphatic heterocycles. The van der Waals surface area contributed by atoms with Gasteiger partial charge in [0.1, 0.15) is 4.90 Å². The molecular formula is C11H20N4O2S. The second-order valence-electron chi connectivity index (χ2n) is 4.50. The number of anilines is 1. The first-order valence-corrected chi connectivity index (χ1v) is 7.21. The van der Waals surface area contributed by atoms with E-state index < -0.39 is 10.0 Å². The van der Waals surface area contributed by atoms with Crippen LogP contribution in [0.2, 0.25) is 0 Å². The molecule has 6 nitrogen and oxygen atoms in total. The van der Waals surface area contributed by atoms with E-state index in [0.29, 0.717) is 12.5 Å². The third-order valence-corrected chi connectivity index (χ3v) is 4.51. The van der Waals surface area contributed by atoms with Crippen molar-refractivity contribution < 1.29 is 8.42 Å². The molecule has 0 aliphatic carbocycles. The normalized spacial score (nSPS) is 12.1. The highest BCUT2D eigenvalue weighted by atomic mass is 32.2. The summed E-state index contributed by atoms with van der Waals surface area (Å²) >= 11 is 0. The maximum atomic E-state index is 12.3. The Kier molecular flexibility index (Phi) is 5.06. The Morgan fingerprint density at radius 1 is 1.50 bits per heavy atom. The highest BCUT2D eigenvalue weighted by molar-refractivity contribution is 7.89. The highest BCUT2D eigenvalue weighted by Crippen LogP contribution is 2.21. The van der Waals surface area contributed by atoms with Crippen LogP contribution in [0, 0.1) is 5.92 Å². The molecule has 1 aromatic heterocycles. The van der Waals surface area contributed by atoms with E-state index in [9.17, 15) is 8.42 Å². The predicted molar refractivity (Wildman–Crippen MR) is 71.3 cm³/mol. The Bertz CT molecular complexity index is 488. The molecule has 1 aromatic rings. The van der Waals surface area contributed by atoms with Gasteiger partial charge in [-0.15, -0.1) is 0 Å². The first kappa shape index (κ1) is 14.9. The summed E-state index contributed by atoms with van der Waals surface area (Å²) < 4.78 is 26.0. The van der Waals surface area contributed by atoms with Crippen LogP contribution in [-0.2, 0) is 10.0 Å². The van der Waals surface area contributed by atoms with Gasteiger partial charge in [-0.25, -0.2) is 23.5 Å². The van der Waals surface area contributed by atoms with Gasteiger partial charge < -0.3 is 5.43 Å². The molecule has 0 bridgehead atoms. The zero-order chi connectivity index (χ0) is 13.8. The number of rotatable bonds is 6. The molecule has 1 heterocycles. The molecule has 3 N–H and O–H groups in total. The number of nitrogens with two attached hydrogens (primary N) is 1. The molecule has 0 unspecified atom stereocenters. The van der Waals surface area contributed by atoms with Crippen LogP contribution in [0.15, 0.2) is 23.2 Å². The van der Waals surface area contributed by atoms with Crippen molar-refractivity contribution in [2.45, 2.75) is 25.2 Å². The lowest BCUT2D eigenvalue weighted by molar-refractivity contribution is 0.428. The van der Waals surface area contributed by atoms with Crippen LogP contribution < -0.4 is 11.3 Å². The second-order valence-corrected chi connectivity index (χ2v) is 6.52. The van der Waals surface area contributed by atoms with Gasteiger partial charge in [0.2, 0.25) is 10.0 Å². The Labute approximate surface area is 108 Å². The summed E-state index contributed by atoms with van der Waals surface area (Å²) in [6, 6.07) is 3.06. The van der Waals surface area contributed by atoms with Gasteiger partial charge in [0.25, 0.3) is 0 Å². The second kappa shape index (κ2) is 6.12. The first-order chi connectivity index (χ1) is 8.39. The molecule has 0 radical (unpaired) electrons. The summed E-state index contributed by atoms with van der Waals surface area (Å²) in [6.45, 7) is 4.58. The molecule has 0 saturated heterocycles. The molecule has 102 valence electrons. The number of hydrazine groups is 1. The van der Waals surface area contributed by atoms with Gasteiger partial charge in [-0.1, -0.05) is 13.8 Å². The van der Waals surface area contributed by atoms with E-state index in [1.807, 2.05) is 0 Å². The number of pyridine rings is 1. The molecule has 0 saturated carbocycles. The number of aromatic nitrogens is 1. The van der Waals surface area contributed by atoms with Gasteiger partial charge in [-0.2, -0.15) is 0 Å². The van der Waals surface area contributed by atoms with Crippen LogP contribution in [0.1, 0.15) is 20.3 Å². The fraction of sp³-hybridized carbons (Fsp3) is 0.545. The van der Waals surface area contributed by atoms with Gasteiger partial charge in [-0.05, 0) is 24.5 Å². The van der Waals surface area contributed by atoms with E-state index in [-0.39, 0.29) is 10.7 Å². The predicted octanol–water partition coefficient (Wildman–Crippen LogP) is 1.03. The summed E-state index contributed by atoms with van der Waals surface area (Å²) in [4.78, 5) is 4.00. The number of hydrogen-bond acceptors (Lipinski definition) is 5. The van der Waals surface area contributed by atoms with E-state index in [4.69, 9.17) is 5.84 Å². The van der Waals surface area contributed by atoms with Gasteiger partial charge in [0, 0.05) is 19.8 Å². The topological polar surface area (TPSA) is 88.3 Å². The van der Waals surface area contributed by atoms with Crippen LogP contribution >= 0.6 is 0 Å². The molecule has 0 atom stereocenters. The number of sulfonamides is 1. The maximum Gasteiger partial charge on any atom is 0.246 e. The molecule has 1 rings (SSSR count). The molecule has 0 spiro atoms. The molecule has 7 heteroatoms. The number of nitrogens with one attached hydrogen (secondary N) is 1. The third kappa shape index (κ3) is 3.41. The van der Waals surface area contributed by atoms with Crippen molar-refractivity contribution in [1.82, 2.24) is 9.29 Å². The number of nitrogens with zero attached hydrogens (tertiary/aromatic N) is 2. The highest BCUT2D eigenvalue weighted by Gasteiger charge is 2.24. The molecular weight excluding hydrogens is 252 g/mol. The van der Waals surface area contributed by atoms with Crippen molar-refractivity contribution in [2.24, 2.45) is 11.8 Å². The van der Waals surface area contributed by atoms with Crippen LogP contribution in [-0.4, -0.2) is 31.3 Å². The van der Waals surface area contributed by atoms with Crippen molar-refractivity contribution in [2.75, 3.05) is 19.0 Å². The average molecular weight is 272 g/mol. The van der Waals surface area contributed by atoms with Crippen LogP contribution in [0.3, 0.4) is 0 Å². The Morgan fingerprint density at radius 2 is 2.17 bits per heavy atom. The lowest BCUT2D eigenvalue weighted by atomic mass is 10.1. The van der Waals surface area contributed by atoms with Crippen LogP contribution in [0.25, 0.3) is 0 Å². The Balaban J connectivity index is 2.98. The maximum absolute atomic E-state index is 12.3. The van der Waals surface area contributed by atoms with Gasteiger partial charge in [-0.3, -0.25) is 0 Å². The Hall–Kier alpha value is -1.18. The monoisotopic (exact) mass is 272 g/mol. The summed E-state index contributed by atoms with van der Waals surface area (Å²) in [5, 5.41) is 0. The van der Waals surface area contributed by atoms with Crippen LogP contribution in [0.4, 0.5) is 5.82 Å². The number of nitrogen functional groups attached to an aromatic ring is 1. The standard InChI is InChI=1S/C11H20N4O2S/c1-9(2)6-8-15(3)18(16,17)10-5-4-7-13-11(10)14-12/h4-5,7,9H,6,8,12H2,1-3H3,(H,13,14). The summed E-state index contributed by atoms with van der Waals surface area (Å²) in [6.07, 6.45) is 2.30. The largest absolute Gasteiger partial charge is 0.307 e. The zero-order valence-corrected chi connectivity index (χ0v) is 11.7. The quantitative estimate of drug-likeness (QED) is 0.596. The van der Waals surface area contributed by atoms with E-state index in [2.05, 4.69) is 24.3 Å². The average Bonchev–Trinajstić information content (AvgIpc) is 2.35. The fourth-order valence-corrected chi connectivity index (χ4v) is 2.72. The van der Waals surface area contributed by atoms with Crippen molar-refractivity contribution in [1.29, 1.82) is 0 Å². The van der Waals surface area contributed by atoms with Gasteiger partial charge >= 0.3 is 0 Å². The molecule has 0 aliphatic rings. The van der Waals surface area contributed by atoms with Crippen molar-refractivity contribution in [3.63, 3.8) is 0 Å². The molecule has 0 aromatic carbocycles. The van der Waals surface area contributed by atoms with E-state index in [1.54, 1.807) is 13.1 Å². The van der Waals surface area contributed by atoms with E-state index in [1.165, 1.54) is 16.6 Å². The first-order valence-electron chi connectivity index (χ1n) is 5.77. The lowest BCUT2D eigenvalue weighted by Crippen LogP contribution is -2.30. The van der Waals surface area contributed by atoms with E-state index in [0.717, 1.165) is 6.42 Å². The Morgan fingerprint density at radius 3 is 2.72 bits per heavy atom. The molecule has 18 heavy (non-hydrogen) atoms. The van der Waals surface area contributed by atoms with Gasteiger partial charge in [0.15, 0.2) is 5.82 Å². The molecule has 0 fully saturated rings. The minimum absolute atomic E-state index is 0.0961. The smallest absolute Gasteiger partial charge is 0.246 e. The summed E-state index contributed by atoms with van der Waals surface area (Å²) in [5.74, 6) is 5.88. The van der Waals surface area contributed by atoms with E-state index >= 15 is 0 Å². The van der Waals surface area contributed by atoms with Crippen molar-refractivity contribution >= 4 is 15.8 Å². The van der Waals surface area contributed by atoms with Crippen molar-refractivity contribution in [3.8, 4) is 0 Å². The number of hydrogen-bond donors (Lipinski definition) is 2. The lowest BCUT2D eigenvalue weighted by Gasteiger charge is -2.19. The van der Waals surface area contributed by atoms with Gasteiger partial charge in [0.05, 0.1) is 0 Å². The SMILES string of the molecule is CC(C)CCN(C)S(=O)(=O)c1cccnc1NN. The molecule has 0 amide bonds.